The summed E-state index contributed by atoms with van der Waals surface area (Å²) in [4.78, 5) is 5.35. The van der Waals surface area contributed by atoms with E-state index < -0.39 is 0 Å². The Bertz CT molecular complexity index is 113. The van der Waals surface area contributed by atoms with Crippen molar-refractivity contribution in [2.75, 3.05) is 0 Å². The molecule has 0 saturated carbocycles. The van der Waals surface area contributed by atoms with Crippen LogP contribution in [0.3, 0.4) is 0 Å². The summed E-state index contributed by atoms with van der Waals surface area (Å²) < 4.78 is 0. The Kier molecular flexibility index (Phi) is 1.53. The fourth-order valence-corrected chi connectivity index (χ4v) is 1.06. The lowest BCUT2D eigenvalue weighted by molar-refractivity contribution is 0.162. The van der Waals surface area contributed by atoms with Gasteiger partial charge in [-0.3, -0.25) is 4.84 Å². The van der Waals surface area contributed by atoms with E-state index in [0.29, 0.717) is 6.04 Å². The first-order chi connectivity index (χ1) is 4.10. The second kappa shape index (κ2) is 1.96. The van der Waals surface area contributed by atoms with Crippen LogP contribution in [0.25, 0.3) is 0 Å². The zero-order valence-electron chi connectivity index (χ0n) is 6.64. The van der Waals surface area contributed by atoms with Gasteiger partial charge in [0.25, 0.3) is 0 Å². The molecule has 2 unspecified atom stereocenters. The Morgan fingerprint density at radius 3 is 2.22 bits per heavy atom. The molecule has 2 heteroatoms. The maximum Gasteiger partial charge on any atom is 0.162 e. The molecule has 0 aromatic carbocycles. The van der Waals surface area contributed by atoms with Crippen LogP contribution in [-0.4, -0.2) is 16.8 Å². The van der Waals surface area contributed by atoms with E-state index in [0.717, 1.165) is 6.42 Å². The molecule has 1 aliphatic rings. The summed E-state index contributed by atoms with van der Waals surface area (Å²) in [5.74, 6) is 0. The molecule has 0 aromatic rings. The van der Waals surface area contributed by atoms with Crippen molar-refractivity contribution in [1.82, 2.24) is 5.06 Å². The van der Waals surface area contributed by atoms with Gasteiger partial charge in [0.2, 0.25) is 0 Å². The van der Waals surface area contributed by atoms with Crippen molar-refractivity contribution in [2.45, 2.75) is 45.9 Å². The highest BCUT2D eigenvalue weighted by Gasteiger charge is 2.50. The van der Waals surface area contributed by atoms with E-state index in [1.165, 1.54) is 0 Å². The summed E-state index contributed by atoms with van der Waals surface area (Å²) in [7, 11) is 0. The number of hydrogen-bond acceptors (Lipinski definition) is 2. The average Bonchev–Trinajstić information content (AvgIpc) is 2.44. The molecule has 1 heterocycles. The van der Waals surface area contributed by atoms with Crippen LogP contribution >= 0.6 is 0 Å². The molecule has 1 rings (SSSR count). The van der Waals surface area contributed by atoms with E-state index in [9.17, 15) is 0 Å². The zero-order valence-corrected chi connectivity index (χ0v) is 6.64. The van der Waals surface area contributed by atoms with Gasteiger partial charge in [0.1, 0.15) is 0 Å². The fourth-order valence-electron chi connectivity index (χ4n) is 1.06. The third-order valence-electron chi connectivity index (χ3n) is 1.85. The van der Waals surface area contributed by atoms with Crippen LogP contribution < -0.4 is 0 Å². The molecule has 0 N–H and O–H groups in total. The van der Waals surface area contributed by atoms with Crippen LogP contribution in [0.1, 0.15) is 34.1 Å². The highest BCUT2D eigenvalue weighted by molar-refractivity contribution is 4.82. The van der Waals surface area contributed by atoms with Crippen molar-refractivity contribution in [3.8, 4) is 0 Å². The first-order valence-electron chi connectivity index (χ1n) is 3.58. The van der Waals surface area contributed by atoms with Crippen LogP contribution in [0, 0.1) is 0 Å². The second-order valence-corrected chi connectivity index (χ2v) is 3.04. The van der Waals surface area contributed by atoms with Gasteiger partial charge in [0.05, 0.1) is 0 Å². The van der Waals surface area contributed by atoms with Gasteiger partial charge in [0, 0.05) is 6.04 Å². The van der Waals surface area contributed by atoms with Gasteiger partial charge in [-0.15, -0.1) is 0 Å². The smallest absolute Gasteiger partial charge is 0.162 e. The molecule has 0 amide bonds. The summed E-state index contributed by atoms with van der Waals surface area (Å²) in [5, 5.41) is 2.03. The summed E-state index contributed by atoms with van der Waals surface area (Å²) in [5.41, 5.74) is 0.0637. The molecular weight excluding hydrogens is 114 g/mol. The predicted molar refractivity (Wildman–Crippen MR) is 36.8 cm³/mol. The minimum absolute atomic E-state index is 0.0637. The molecule has 9 heavy (non-hydrogen) atoms. The van der Waals surface area contributed by atoms with Crippen molar-refractivity contribution in [2.24, 2.45) is 0 Å². The molecule has 1 fully saturated rings. The van der Waals surface area contributed by atoms with Crippen molar-refractivity contribution in [3.63, 3.8) is 0 Å². The molecule has 1 saturated heterocycles. The number of hydrogen-bond donors (Lipinski definition) is 0. The van der Waals surface area contributed by atoms with E-state index >= 15 is 0 Å². The lowest BCUT2D eigenvalue weighted by Gasteiger charge is -2.04. The minimum atomic E-state index is 0.0637. The van der Waals surface area contributed by atoms with Crippen LogP contribution in [0.2, 0.25) is 0 Å². The Morgan fingerprint density at radius 1 is 1.56 bits per heavy atom. The Balaban J connectivity index is 2.38. The van der Waals surface area contributed by atoms with Gasteiger partial charge in [-0.05, 0) is 27.2 Å². The van der Waals surface area contributed by atoms with Crippen molar-refractivity contribution in [1.29, 1.82) is 0 Å². The third-order valence-corrected chi connectivity index (χ3v) is 1.85. The molecule has 2 nitrogen and oxygen atoms in total. The van der Waals surface area contributed by atoms with E-state index in [2.05, 4.69) is 27.7 Å². The van der Waals surface area contributed by atoms with E-state index in [4.69, 9.17) is 4.84 Å². The van der Waals surface area contributed by atoms with E-state index in [1.807, 2.05) is 5.06 Å². The van der Waals surface area contributed by atoms with Gasteiger partial charge >= 0.3 is 0 Å². The summed E-state index contributed by atoms with van der Waals surface area (Å²) in [6, 6.07) is 0.523. The third kappa shape index (κ3) is 1.10. The molecule has 54 valence electrons. The number of nitrogens with zero attached hydrogens (tertiary/aromatic N) is 1. The maximum absolute atomic E-state index is 5.35. The molecule has 2 atom stereocenters. The Hall–Kier alpha value is -0.0800. The van der Waals surface area contributed by atoms with Gasteiger partial charge in [-0.1, -0.05) is 6.92 Å². The molecular formula is C7H15NO. The summed E-state index contributed by atoms with van der Waals surface area (Å²) in [6.45, 7) is 8.54. The Labute approximate surface area is 56.8 Å². The topological polar surface area (TPSA) is 15.5 Å². The quantitative estimate of drug-likeness (QED) is 0.528. The first kappa shape index (κ1) is 7.03. The van der Waals surface area contributed by atoms with Gasteiger partial charge in [0.15, 0.2) is 5.72 Å². The number of hydroxylamine groups is 2. The monoisotopic (exact) mass is 129 g/mol. The van der Waals surface area contributed by atoms with Crippen LogP contribution in [0.15, 0.2) is 0 Å². The summed E-state index contributed by atoms with van der Waals surface area (Å²) >= 11 is 0. The largest absolute Gasteiger partial charge is 0.272 e. The lowest BCUT2D eigenvalue weighted by Crippen LogP contribution is -2.18. The van der Waals surface area contributed by atoms with Crippen LogP contribution in [-0.2, 0) is 4.84 Å². The molecule has 0 aromatic heterocycles. The lowest BCUT2D eigenvalue weighted by atomic mass is 10.2. The van der Waals surface area contributed by atoms with Crippen molar-refractivity contribution >= 4 is 0 Å². The van der Waals surface area contributed by atoms with Gasteiger partial charge in [-0.25, -0.2) is 0 Å². The highest BCUT2D eigenvalue weighted by Crippen LogP contribution is 2.38. The molecule has 0 aliphatic carbocycles. The molecule has 0 spiro atoms. The number of rotatable bonds is 2. The standard InChI is InChI=1S/C7H15NO/c1-5-7(4)8(9-7)6(2)3/h6H,5H2,1-4H3. The van der Waals surface area contributed by atoms with E-state index in [1.54, 1.807) is 0 Å². The predicted octanol–water partition coefficient (Wildman–Crippen LogP) is 1.77. The Morgan fingerprint density at radius 2 is 2.11 bits per heavy atom. The van der Waals surface area contributed by atoms with Gasteiger partial charge in [-0.2, -0.15) is 5.06 Å². The SMILES string of the molecule is CCC1(C)ON1C(C)C. The second-order valence-electron chi connectivity index (χ2n) is 3.04. The first-order valence-corrected chi connectivity index (χ1v) is 3.58. The molecule has 0 radical (unpaired) electrons. The fraction of sp³-hybridized carbons (Fsp3) is 1.00. The van der Waals surface area contributed by atoms with Crippen molar-refractivity contribution < 1.29 is 4.84 Å². The van der Waals surface area contributed by atoms with E-state index in [-0.39, 0.29) is 5.72 Å². The van der Waals surface area contributed by atoms with Gasteiger partial charge < -0.3 is 0 Å². The normalized spacial score (nSPS) is 41.7. The average molecular weight is 129 g/mol. The van der Waals surface area contributed by atoms with Crippen LogP contribution in [0.4, 0.5) is 0 Å². The van der Waals surface area contributed by atoms with Crippen molar-refractivity contribution in [3.05, 3.63) is 0 Å². The highest BCUT2D eigenvalue weighted by atomic mass is 16.9. The minimum Gasteiger partial charge on any atom is -0.272 e. The molecule has 1 aliphatic heterocycles. The maximum atomic E-state index is 5.35. The van der Waals surface area contributed by atoms with Crippen LogP contribution in [0.5, 0.6) is 0 Å². The molecule has 0 bridgehead atoms. The zero-order chi connectivity index (χ0) is 7.07. The summed E-state index contributed by atoms with van der Waals surface area (Å²) in [6.07, 6.45) is 1.07.